The fraction of sp³-hybridized carbons (Fsp3) is 0.333. The second-order valence-electron chi connectivity index (χ2n) is 5.69. The molecule has 3 aromatic rings. The minimum Gasteiger partial charge on any atom is -0.383 e. The van der Waals surface area contributed by atoms with Crippen molar-refractivity contribution in [2.45, 2.75) is 27.3 Å². The fourth-order valence-corrected chi connectivity index (χ4v) is 3.89. The molecule has 2 aromatic heterocycles. The molecular weight excluding hydrogens is 308 g/mol. The Morgan fingerprint density at radius 3 is 2.52 bits per heavy atom. The molecule has 4 nitrogen and oxygen atoms in total. The van der Waals surface area contributed by atoms with Crippen LogP contribution in [0.3, 0.4) is 0 Å². The number of aryl methyl sites for hydroxylation is 3. The van der Waals surface area contributed by atoms with Crippen molar-refractivity contribution >= 4 is 21.6 Å². The van der Waals surface area contributed by atoms with E-state index in [0.717, 1.165) is 32.0 Å². The highest BCUT2D eigenvalue weighted by atomic mass is 32.1. The highest BCUT2D eigenvalue weighted by Gasteiger charge is 2.18. The van der Waals surface area contributed by atoms with Crippen LogP contribution in [0.25, 0.3) is 21.3 Å². The molecule has 0 aliphatic carbocycles. The molecule has 0 unspecified atom stereocenters. The second kappa shape index (κ2) is 6.26. The van der Waals surface area contributed by atoms with Gasteiger partial charge in [0.2, 0.25) is 0 Å². The van der Waals surface area contributed by atoms with Gasteiger partial charge in [0.25, 0.3) is 5.56 Å². The van der Waals surface area contributed by atoms with Crippen molar-refractivity contribution in [1.82, 2.24) is 9.55 Å². The SMILES string of the molecule is COCCn1c(C)nc2sc(C)c(-c3ccc(C)cc3)c2c1=O. The van der Waals surface area contributed by atoms with E-state index < -0.39 is 0 Å². The Kier molecular flexibility index (Phi) is 4.33. The van der Waals surface area contributed by atoms with Crippen LogP contribution >= 0.6 is 11.3 Å². The van der Waals surface area contributed by atoms with Gasteiger partial charge in [0.1, 0.15) is 10.7 Å². The summed E-state index contributed by atoms with van der Waals surface area (Å²) in [7, 11) is 1.64. The van der Waals surface area contributed by atoms with Gasteiger partial charge in [-0.15, -0.1) is 11.3 Å². The molecule has 0 atom stereocenters. The first-order valence-electron chi connectivity index (χ1n) is 7.59. The Morgan fingerprint density at radius 2 is 1.87 bits per heavy atom. The Balaban J connectivity index is 2.28. The molecule has 0 radical (unpaired) electrons. The normalized spacial score (nSPS) is 11.3. The first-order valence-corrected chi connectivity index (χ1v) is 8.41. The lowest BCUT2D eigenvalue weighted by Crippen LogP contribution is -2.25. The molecule has 5 heteroatoms. The lowest BCUT2D eigenvalue weighted by atomic mass is 10.0. The summed E-state index contributed by atoms with van der Waals surface area (Å²) < 4.78 is 6.82. The Labute approximate surface area is 139 Å². The van der Waals surface area contributed by atoms with Crippen LogP contribution in [0.2, 0.25) is 0 Å². The molecule has 2 heterocycles. The number of nitrogens with zero attached hydrogens (tertiary/aromatic N) is 2. The molecular formula is C18H20N2O2S. The molecule has 0 bridgehead atoms. The molecule has 0 amide bonds. The van der Waals surface area contributed by atoms with Crippen molar-refractivity contribution in [2.75, 3.05) is 13.7 Å². The number of fused-ring (bicyclic) bond motifs is 1. The number of benzene rings is 1. The topological polar surface area (TPSA) is 44.1 Å². The van der Waals surface area contributed by atoms with Crippen LogP contribution in [0.5, 0.6) is 0 Å². The van der Waals surface area contributed by atoms with Crippen LogP contribution in [-0.4, -0.2) is 23.3 Å². The summed E-state index contributed by atoms with van der Waals surface area (Å²) in [6.45, 7) is 7.00. The average molecular weight is 328 g/mol. The number of ether oxygens (including phenoxy) is 1. The van der Waals surface area contributed by atoms with E-state index in [-0.39, 0.29) is 5.56 Å². The molecule has 0 spiro atoms. The molecule has 3 rings (SSSR count). The predicted molar refractivity (Wildman–Crippen MR) is 95.4 cm³/mol. The van der Waals surface area contributed by atoms with Crippen molar-refractivity contribution in [3.63, 3.8) is 0 Å². The minimum absolute atomic E-state index is 0.0180. The maximum Gasteiger partial charge on any atom is 0.262 e. The van der Waals surface area contributed by atoms with Gasteiger partial charge in [0.05, 0.1) is 18.5 Å². The highest BCUT2D eigenvalue weighted by molar-refractivity contribution is 7.19. The van der Waals surface area contributed by atoms with Gasteiger partial charge in [-0.25, -0.2) is 4.98 Å². The van der Waals surface area contributed by atoms with E-state index in [1.807, 2.05) is 6.92 Å². The number of methoxy groups -OCH3 is 1. The Morgan fingerprint density at radius 1 is 1.17 bits per heavy atom. The van der Waals surface area contributed by atoms with Crippen molar-refractivity contribution in [3.05, 3.63) is 50.9 Å². The summed E-state index contributed by atoms with van der Waals surface area (Å²) in [6, 6.07) is 8.29. The van der Waals surface area contributed by atoms with Crippen molar-refractivity contribution in [2.24, 2.45) is 0 Å². The van der Waals surface area contributed by atoms with Crippen molar-refractivity contribution in [1.29, 1.82) is 0 Å². The van der Waals surface area contributed by atoms with Gasteiger partial charge in [-0.1, -0.05) is 29.8 Å². The zero-order chi connectivity index (χ0) is 16.6. The van der Waals surface area contributed by atoms with E-state index in [1.54, 1.807) is 23.0 Å². The molecule has 0 aliphatic heterocycles. The zero-order valence-corrected chi connectivity index (χ0v) is 14.7. The van der Waals surface area contributed by atoms with E-state index in [1.165, 1.54) is 5.56 Å². The minimum atomic E-state index is 0.0180. The maximum absolute atomic E-state index is 13.0. The van der Waals surface area contributed by atoms with E-state index in [2.05, 4.69) is 43.1 Å². The third-order valence-corrected chi connectivity index (χ3v) is 5.04. The molecule has 1 aromatic carbocycles. The van der Waals surface area contributed by atoms with Gasteiger partial charge < -0.3 is 4.74 Å². The summed E-state index contributed by atoms with van der Waals surface area (Å²) in [5.41, 5.74) is 3.30. The van der Waals surface area contributed by atoms with Crippen LogP contribution in [0.1, 0.15) is 16.3 Å². The number of hydrogen-bond acceptors (Lipinski definition) is 4. The van der Waals surface area contributed by atoms with E-state index >= 15 is 0 Å². The summed E-state index contributed by atoms with van der Waals surface area (Å²) >= 11 is 1.58. The lowest BCUT2D eigenvalue weighted by Gasteiger charge is -2.09. The first kappa shape index (κ1) is 15.9. The summed E-state index contributed by atoms with van der Waals surface area (Å²) in [5, 5.41) is 0.720. The maximum atomic E-state index is 13.0. The summed E-state index contributed by atoms with van der Waals surface area (Å²) in [5.74, 6) is 0.733. The van der Waals surface area contributed by atoms with Crippen molar-refractivity contribution in [3.8, 4) is 11.1 Å². The predicted octanol–water partition coefficient (Wildman–Crippen LogP) is 3.70. The van der Waals surface area contributed by atoms with E-state index in [4.69, 9.17) is 4.74 Å². The second-order valence-corrected chi connectivity index (χ2v) is 6.89. The van der Waals surface area contributed by atoms with Crippen LogP contribution < -0.4 is 5.56 Å². The number of hydrogen-bond donors (Lipinski definition) is 0. The monoisotopic (exact) mass is 328 g/mol. The fourth-order valence-electron chi connectivity index (χ4n) is 2.81. The van der Waals surface area contributed by atoms with Gasteiger partial charge >= 0.3 is 0 Å². The molecule has 0 saturated heterocycles. The van der Waals surface area contributed by atoms with Crippen LogP contribution in [0, 0.1) is 20.8 Å². The highest BCUT2D eigenvalue weighted by Crippen LogP contribution is 2.35. The lowest BCUT2D eigenvalue weighted by molar-refractivity contribution is 0.185. The molecule has 120 valence electrons. The average Bonchev–Trinajstić information content (AvgIpc) is 2.84. The number of thiophene rings is 1. The standard InChI is InChI=1S/C18H20N2O2S/c1-11-5-7-14(8-6-11)15-12(2)23-17-16(15)18(21)20(9-10-22-4)13(3)19-17/h5-8H,9-10H2,1-4H3. The van der Waals surface area contributed by atoms with Crippen LogP contribution in [0.15, 0.2) is 29.1 Å². The molecule has 0 aliphatic rings. The summed E-state index contributed by atoms with van der Waals surface area (Å²) in [4.78, 5) is 19.6. The molecule has 23 heavy (non-hydrogen) atoms. The smallest absolute Gasteiger partial charge is 0.262 e. The number of aromatic nitrogens is 2. The summed E-state index contributed by atoms with van der Waals surface area (Å²) in [6.07, 6.45) is 0. The van der Waals surface area contributed by atoms with Gasteiger partial charge in [0.15, 0.2) is 0 Å². The van der Waals surface area contributed by atoms with E-state index in [9.17, 15) is 4.79 Å². The first-order chi connectivity index (χ1) is 11.0. The van der Waals surface area contributed by atoms with E-state index in [0.29, 0.717) is 13.2 Å². The van der Waals surface area contributed by atoms with Crippen molar-refractivity contribution < 1.29 is 4.74 Å². The van der Waals surface area contributed by atoms with Gasteiger partial charge in [-0.05, 0) is 26.3 Å². The van der Waals surface area contributed by atoms with Crippen LogP contribution in [0.4, 0.5) is 0 Å². The molecule has 0 fully saturated rings. The molecule has 0 N–H and O–H groups in total. The number of rotatable bonds is 4. The Bertz CT molecular complexity index is 907. The van der Waals surface area contributed by atoms with Gasteiger partial charge in [-0.3, -0.25) is 9.36 Å². The molecule has 0 saturated carbocycles. The van der Waals surface area contributed by atoms with Crippen LogP contribution in [-0.2, 0) is 11.3 Å². The zero-order valence-electron chi connectivity index (χ0n) is 13.8. The third kappa shape index (κ3) is 2.82. The largest absolute Gasteiger partial charge is 0.383 e. The third-order valence-electron chi connectivity index (χ3n) is 4.04. The van der Waals surface area contributed by atoms with Gasteiger partial charge in [-0.2, -0.15) is 0 Å². The van der Waals surface area contributed by atoms with Gasteiger partial charge in [0, 0.05) is 17.6 Å². The quantitative estimate of drug-likeness (QED) is 0.733. The Hall–Kier alpha value is -1.98.